The minimum Gasteiger partial charge on any atom is -0.496 e. The minimum atomic E-state index is -0.463. The summed E-state index contributed by atoms with van der Waals surface area (Å²) in [7, 11) is 1.46. The van der Waals surface area contributed by atoms with Gasteiger partial charge in [0, 0.05) is 17.0 Å². The van der Waals surface area contributed by atoms with Gasteiger partial charge >= 0.3 is 0 Å². The SMILES string of the molecule is COc1cc([N+](=O)[O-])ccc1-c1ccc(C=Nc2sc3c(c2C(=O)NC2CCCCC2)CCCC3)o1. The molecule has 2 aliphatic rings. The van der Waals surface area contributed by atoms with Crippen LogP contribution in [0.4, 0.5) is 10.7 Å². The average Bonchev–Trinajstić information content (AvgIpc) is 3.52. The summed E-state index contributed by atoms with van der Waals surface area (Å²) in [5, 5.41) is 15.1. The van der Waals surface area contributed by atoms with Crippen LogP contribution in [0.25, 0.3) is 11.3 Å². The predicted octanol–water partition coefficient (Wildman–Crippen LogP) is 6.62. The van der Waals surface area contributed by atoms with Crippen LogP contribution in [0.5, 0.6) is 5.75 Å². The van der Waals surface area contributed by atoms with E-state index in [0.29, 0.717) is 22.8 Å². The molecular formula is C27H29N3O5S. The quantitative estimate of drug-likeness (QED) is 0.220. The largest absolute Gasteiger partial charge is 0.496 e. The van der Waals surface area contributed by atoms with E-state index in [1.807, 2.05) is 0 Å². The lowest BCUT2D eigenvalue weighted by Crippen LogP contribution is -2.36. The van der Waals surface area contributed by atoms with Gasteiger partial charge in [-0.15, -0.1) is 11.3 Å². The van der Waals surface area contributed by atoms with Gasteiger partial charge in [0.15, 0.2) is 0 Å². The van der Waals surface area contributed by atoms with Crippen LogP contribution in [0, 0.1) is 10.1 Å². The molecule has 0 aliphatic heterocycles. The number of aliphatic imine (C=N–C) groups is 1. The summed E-state index contributed by atoms with van der Waals surface area (Å²) < 4.78 is 11.3. The second-order valence-corrected chi connectivity index (χ2v) is 10.4. The van der Waals surface area contributed by atoms with Crippen molar-refractivity contribution in [3.8, 4) is 17.1 Å². The van der Waals surface area contributed by atoms with Crippen molar-refractivity contribution < 1.29 is 18.9 Å². The number of nitrogens with one attached hydrogen (secondary N) is 1. The van der Waals surface area contributed by atoms with Crippen LogP contribution in [-0.2, 0) is 12.8 Å². The Morgan fingerprint density at radius 3 is 2.75 bits per heavy atom. The first-order valence-electron chi connectivity index (χ1n) is 12.5. The van der Waals surface area contributed by atoms with Crippen LogP contribution in [0.15, 0.2) is 39.7 Å². The van der Waals surface area contributed by atoms with Crippen molar-refractivity contribution in [2.45, 2.75) is 63.8 Å². The number of nitrogens with zero attached hydrogens (tertiary/aromatic N) is 2. The Labute approximate surface area is 213 Å². The molecule has 36 heavy (non-hydrogen) atoms. The van der Waals surface area contributed by atoms with Crippen molar-refractivity contribution in [2.24, 2.45) is 4.99 Å². The van der Waals surface area contributed by atoms with Crippen LogP contribution in [0.2, 0.25) is 0 Å². The molecule has 8 nitrogen and oxygen atoms in total. The van der Waals surface area contributed by atoms with Crippen LogP contribution < -0.4 is 10.1 Å². The third-order valence-corrected chi connectivity index (χ3v) is 8.12. The first kappa shape index (κ1) is 24.2. The number of aryl methyl sites for hydroxylation is 1. The number of rotatable bonds is 7. The number of carbonyl (C=O) groups is 1. The summed E-state index contributed by atoms with van der Waals surface area (Å²) in [6, 6.07) is 8.21. The van der Waals surface area contributed by atoms with Crippen LogP contribution in [0.3, 0.4) is 0 Å². The van der Waals surface area contributed by atoms with Crippen LogP contribution >= 0.6 is 11.3 Å². The van der Waals surface area contributed by atoms with E-state index in [-0.39, 0.29) is 17.6 Å². The Hall–Kier alpha value is -3.46. The minimum absolute atomic E-state index is 0.01000. The summed E-state index contributed by atoms with van der Waals surface area (Å²) in [4.78, 5) is 29.9. The highest BCUT2D eigenvalue weighted by Gasteiger charge is 2.27. The number of amides is 1. The van der Waals surface area contributed by atoms with E-state index in [4.69, 9.17) is 14.1 Å². The van der Waals surface area contributed by atoms with Gasteiger partial charge in [-0.05, 0) is 62.3 Å². The van der Waals surface area contributed by atoms with Gasteiger partial charge in [0.25, 0.3) is 11.6 Å². The second kappa shape index (κ2) is 10.7. The second-order valence-electron chi connectivity index (χ2n) is 9.30. The van der Waals surface area contributed by atoms with Gasteiger partial charge in [0.1, 0.15) is 22.3 Å². The highest BCUT2D eigenvalue weighted by atomic mass is 32.1. The molecule has 1 fully saturated rings. The fraction of sp³-hybridized carbons (Fsp3) is 0.407. The molecule has 0 radical (unpaired) electrons. The van der Waals surface area contributed by atoms with Crippen LogP contribution in [-0.4, -0.2) is 30.2 Å². The van der Waals surface area contributed by atoms with Crippen molar-refractivity contribution in [1.82, 2.24) is 5.32 Å². The lowest BCUT2D eigenvalue weighted by atomic mass is 9.93. The van der Waals surface area contributed by atoms with Gasteiger partial charge in [-0.3, -0.25) is 14.9 Å². The molecule has 2 heterocycles. The number of thiophene rings is 1. The molecule has 0 saturated heterocycles. The third-order valence-electron chi connectivity index (χ3n) is 6.92. The van der Waals surface area contributed by atoms with Crippen molar-refractivity contribution in [1.29, 1.82) is 0 Å². The topological polar surface area (TPSA) is 107 Å². The van der Waals surface area contributed by atoms with E-state index in [0.717, 1.165) is 67.5 Å². The molecule has 9 heteroatoms. The van der Waals surface area contributed by atoms with Gasteiger partial charge in [-0.2, -0.15) is 0 Å². The molecule has 1 N–H and O–H groups in total. The number of nitro benzene ring substituents is 1. The fourth-order valence-corrected chi connectivity index (χ4v) is 6.30. The molecule has 0 atom stereocenters. The molecule has 188 valence electrons. The van der Waals surface area contributed by atoms with E-state index in [2.05, 4.69) is 5.32 Å². The van der Waals surface area contributed by atoms with Crippen molar-refractivity contribution >= 4 is 34.1 Å². The molecule has 1 amide bonds. The molecule has 0 spiro atoms. The molecule has 2 aromatic heterocycles. The van der Waals surface area contributed by atoms with Crippen molar-refractivity contribution in [3.63, 3.8) is 0 Å². The Balaban J connectivity index is 1.40. The maximum absolute atomic E-state index is 13.3. The zero-order valence-corrected chi connectivity index (χ0v) is 21.1. The van der Waals surface area contributed by atoms with Gasteiger partial charge in [-0.1, -0.05) is 19.3 Å². The maximum Gasteiger partial charge on any atom is 0.273 e. The molecular weight excluding hydrogens is 478 g/mol. The number of nitro groups is 1. The molecule has 2 aliphatic carbocycles. The Morgan fingerprint density at radius 2 is 1.97 bits per heavy atom. The number of non-ortho nitro benzene ring substituents is 1. The number of furan rings is 1. The van der Waals surface area contributed by atoms with E-state index < -0.39 is 4.92 Å². The summed E-state index contributed by atoms with van der Waals surface area (Å²) in [6.07, 6.45) is 11.4. The van der Waals surface area contributed by atoms with Crippen molar-refractivity contribution in [3.05, 3.63) is 62.2 Å². The molecule has 5 rings (SSSR count). The first-order chi connectivity index (χ1) is 17.5. The van der Waals surface area contributed by atoms with Gasteiger partial charge in [-0.25, -0.2) is 4.99 Å². The van der Waals surface area contributed by atoms with Gasteiger partial charge in [0.2, 0.25) is 0 Å². The molecule has 3 aromatic rings. The van der Waals surface area contributed by atoms with E-state index >= 15 is 0 Å². The highest BCUT2D eigenvalue weighted by Crippen LogP contribution is 2.40. The number of methoxy groups -OCH3 is 1. The molecule has 0 unspecified atom stereocenters. The standard InChI is InChI=1S/C27H29N3O5S/c1-34-23-15-18(30(32)33)11-13-20(23)22-14-12-19(35-22)16-28-27-25(21-9-5-6-10-24(21)36-27)26(31)29-17-7-3-2-4-8-17/h11-17H,2-10H2,1H3,(H,29,31). The highest BCUT2D eigenvalue weighted by molar-refractivity contribution is 7.16. The van der Waals surface area contributed by atoms with E-state index in [1.165, 1.54) is 30.5 Å². The summed E-state index contributed by atoms with van der Waals surface area (Å²) in [6.45, 7) is 0. The zero-order valence-electron chi connectivity index (χ0n) is 20.2. The lowest BCUT2D eigenvalue weighted by molar-refractivity contribution is -0.384. The Kier molecular flexibility index (Phi) is 7.18. The van der Waals surface area contributed by atoms with Gasteiger partial charge in [0.05, 0.1) is 35.4 Å². The summed E-state index contributed by atoms with van der Waals surface area (Å²) in [5.41, 5.74) is 2.44. The zero-order chi connectivity index (χ0) is 25.1. The number of ether oxygens (including phenoxy) is 1. The predicted molar refractivity (Wildman–Crippen MR) is 140 cm³/mol. The lowest BCUT2D eigenvalue weighted by Gasteiger charge is -2.23. The number of fused-ring (bicyclic) bond motifs is 1. The van der Waals surface area contributed by atoms with E-state index in [9.17, 15) is 14.9 Å². The fourth-order valence-electron chi connectivity index (χ4n) is 5.07. The van der Waals surface area contributed by atoms with E-state index in [1.54, 1.807) is 35.8 Å². The maximum atomic E-state index is 13.3. The third kappa shape index (κ3) is 5.06. The smallest absolute Gasteiger partial charge is 0.273 e. The van der Waals surface area contributed by atoms with Gasteiger partial charge < -0.3 is 14.5 Å². The molecule has 0 bridgehead atoms. The van der Waals surface area contributed by atoms with Crippen molar-refractivity contribution in [2.75, 3.05) is 7.11 Å². The Morgan fingerprint density at radius 1 is 1.17 bits per heavy atom. The number of hydrogen-bond donors (Lipinski definition) is 1. The number of benzene rings is 1. The molecule has 1 aromatic carbocycles. The Bertz CT molecular complexity index is 1300. The number of hydrogen-bond acceptors (Lipinski definition) is 7. The average molecular weight is 508 g/mol. The summed E-state index contributed by atoms with van der Waals surface area (Å²) in [5.74, 6) is 1.39. The number of carbonyl (C=O) groups excluding carboxylic acids is 1. The van der Waals surface area contributed by atoms with Crippen LogP contribution in [0.1, 0.15) is 71.5 Å². The summed E-state index contributed by atoms with van der Waals surface area (Å²) >= 11 is 1.60. The first-order valence-corrected chi connectivity index (χ1v) is 13.3. The monoisotopic (exact) mass is 507 g/mol. The molecule has 1 saturated carbocycles. The normalized spacial score (nSPS) is 16.1.